The average Bonchev–Trinajstić information content (AvgIpc) is 2.67. The first-order valence-electron chi connectivity index (χ1n) is 9.29. The molecule has 0 bridgehead atoms. The van der Waals surface area contributed by atoms with Crippen molar-refractivity contribution in [1.82, 2.24) is 4.90 Å². The van der Waals surface area contributed by atoms with Gasteiger partial charge >= 0.3 is 0 Å². The van der Waals surface area contributed by atoms with Crippen LogP contribution in [0.15, 0.2) is 57.8 Å². The van der Waals surface area contributed by atoms with Crippen LogP contribution in [0.2, 0.25) is 0 Å². The summed E-state index contributed by atoms with van der Waals surface area (Å²) in [7, 11) is 2.21. The number of piperidine rings is 1. The summed E-state index contributed by atoms with van der Waals surface area (Å²) in [6, 6.07) is 15.2. The molecular weight excluding hydrogens is 342 g/mol. The smallest absolute Gasteiger partial charge is 0.189 e. The van der Waals surface area contributed by atoms with Gasteiger partial charge in [-0.2, -0.15) is 0 Å². The highest BCUT2D eigenvalue weighted by Crippen LogP contribution is 2.48. The van der Waals surface area contributed by atoms with Crippen LogP contribution < -0.4 is 4.74 Å². The van der Waals surface area contributed by atoms with E-state index < -0.39 is 0 Å². The highest BCUT2D eigenvalue weighted by Gasteiger charge is 2.25. The average molecular weight is 368 g/mol. The van der Waals surface area contributed by atoms with E-state index in [1.165, 1.54) is 26.5 Å². The van der Waals surface area contributed by atoms with Crippen molar-refractivity contribution in [2.75, 3.05) is 33.5 Å². The molecule has 2 aromatic rings. The van der Waals surface area contributed by atoms with E-state index >= 15 is 0 Å². The molecule has 2 aliphatic rings. The van der Waals surface area contributed by atoms with Crippen molar-refractivity contribution >= 4 is 17.3 Å². The van der Waals surface area contributed by atoms with Crippen molar-refractivity contribution in [2.45, 2.75) is 29.6 Å². The van der Waals surface area contributed by atoms with Gasteiger partial charge in [0, 0.05) is 29.5 Å². The highest BCUT2D eigenvalue weighted by atomic mass is 32.2. The summed E-state index contributed by atoms with van der Waals surface area (Å²) < 4.78 is 11.1. The molecule has 0 amide bonds. The van der Waals surface area contributed by atoms with Crippen LogP contribution in [0.5, 0.6) is 5.75 Å². The Hall–Kier alpha value is -1.75. The van der Waals surface area contributed by atoms with Crippen molar-refractivity contribution in [2.24, 2.45) is 0 Å². The Kier molecular flexibility index (Phi) is 5.34. The molecule has 0 atom stereocenters. The Balaban J connectivity index is 1.74. The third kappa shape index (κ3) is 3.54. The molecule has 1 fully saturated rings. The summed E-state index contributed by atoms with van der Waals surface area (Å²) >= 11 is 1.84. The molecule has 0 saturated carbocycles. The highest BCUT2D eigenvalue weighted by molar-refractivity contribution is 7.99. The van der Waals surface area contributed by atoms with Crippen molar-refractivity contribution < 1.29 is 9.47 Å². The lowest BCUT2D eigenvalue weighted by Gasteiger charge is -2.30. The van der Waals surface area contributed by atoms with Crippen LogP contribution in [0.3, 0.4) is 0 Å². The monoisotopic (exact) mass is 367 g/mol. The number of fused-ring (bicyclic) bond motifs is 2. The summed E-state index contributed by atoms with van der Waals surface area (Å²) in [6.07, 6.45) is 2.29. The predicted molar refractivity (Wildman–Crippen MR) is 107 cm³/mol. The van der Waals surface area contributed by atoms with Gasteiger partial charge in [0.05, 0.1) is 0 Å². The summed E-state index contributed by atoms with van der Waals surface area (Å²) in [4.78, 5) is 5.03. The normalized spacial score (nSPS) is 17.0. The topological polar surface area (TPSA) is 21.7 Å². The van der Waals surface area contributed by atoms with Gasteiger partial charge in [0.1, 0.15) is 5.75 Å². The first-order chi connectivity index (χ1) is 12.8. The predicted octanol–water partition coefficient (Wildman–Crippen LogP) is 5.05. The van der Waals surface area contributed by atoms with Crippen molar-refractivity contribution in [3.8, 4) is 5.75 Å². The Labute approximate surface area is 160 Å². The summed E-state index contributed by atoms with van der Waals surface area (Å²) in [5.41, 5.74) is 5.75. The number of likely N-dealkylation sites (tertiary alicyclic amines) is 1. The van der Waals surface area contributed by atoms with Crippen LogP contribution in [-0.4, -0.2) is 38.4 Å². The fourth-order valence-electron chi connectivity index (χ4n) is 3.62. The lowest BCUT2D eigenvalue weighted by molar-refractivity contribution is 0.0223. The van der Waals surface area contributed by atoms with Gasteiger partial charge < -0.3 is 14.4 Å². The molecule has 2 aliphatic heterocycles. The van der Waals surface area contributed by atoms with E-state index in [9.17, 15) is 0 Å². The molecule has 2 heterocycles. The molecule has 26 heavy (non-hydrogen) atoms. The van der Waals surface area contributed by atoms with Crippen LogP contribution in [0.1, 0.15) is 30.9 Å². The maximum atomic E-state index is 5.74. The zero-order chi connectivity index (χ0) is 17.9. The molecule has 2 aromatic carbocycles. The third-order valence-electron chi connectivity index (χ3n) is 5.06. The number of hydrogen-bond donors (Lipinski definition) is 0. The maximum Gasteiger partial charge on any atom is 0.189 e. The minimum absolute atomic E-state index is 0.302. The maximum absolute atomic E-state index is 5.74. The van der Waals surface area contributed by atoms with Crippen molar-refractivity contribution in [3.63, 3.8) is 0 Å². The Morgan fingerprint density at radius 1 is 1.00 bits per heavy atom. The molecule has 0 spiro atoms. The largest absolute Gasteiger partial charge is 0.468 e. The van der Waals surface area contributed by atoms with E-state index in [1.54, 1.807) is 5.57 Å². The van der Waals surface area contributed by atoms with E-state index in [0.29, 0.717) is 13.4 Å². The van der Waals surface area contributed by atoms with E-state index in [4.69, 9.17) is 9.47 Å². The molecule has 0 aliphatic carbocycles. The van der Waals surface area contributed by atoms with Gasteiger partial charge in [0.2, 0.25) is 0 Å². The molecule has 0 aromatic heterocycles. The lowest BCUT2D eigenvalue weighted by atomic mass is 9.88. The summed E-state index contributed by atoms with van der Waals surface area (Å²) in [5.74, 6) is 0.872. The van der Waals surface area contributed by atoms with Crippen molar-refractivity contribution in [1.29, 1.82) is 0 Å². The van der Waals surface area contributed by atoms with Crippen LogP contribution >= 0.6 is 11.8 Å². The number of ether oxygens (including phenoxy) is 2. The van der Waals surface area contributed by atoms with Crippen LogP contribution in [0, 0.1) is 0 Å². The van der Waals surface area contributed by atoms with E-state index in [1.807, 2.05) is 18.7 Å². The van der Waals surface area contributed by atoms with Gasteiger partial charge in [0.25, 0.3) is 0 Å². The Bertz CT molecular complexity index is 821. The Morgan fingerprint density at radius 3 is 2.58 bits per heavy atom. The zero-order valence-corrected chi connectivity index (χ0v) is 16.3. The Morgan fingerprint density at radius 2 is 1.77 bits per heavy atom. The van der Waals surface area contributed by atoms with Gasteiger partial charge in [0.15, 0.2) is 6.79 Å². The van der Waals surface area contributed by atoms with Crippen LogP contribution in [0.25, 0.3) is 5.57 Å². The lowest BCUT2D eigenvalue weighted by Crippen LogP contribution is -2.27. The molecule has 3 nitrogen and oxygen atoms in total. The minimum atomic E-state index is 0.302. The minimum Gasteiger partial charge on any atom is -0.468 e. The quantitative estimate of drug-likeness (QED) is 0.475. The van der Waals surface area contributed by atoms with Crippen molar-refractivity contribution in [3.05, 3.63) is 59.2 Å². The van der Waals surface area contributed by atoms with Gasteiger partial charge in [-0.3, -0.25) is 0 Å². The van der Waals surface area contributed by atoms with E-state index in [-0.39, 0.29) is 0 Å². The molecule has 1 saturated heterocycles. The number of benzene rings is 2. The number of nitrogens with zero attached hydrogens (tertiary/aromatic N) is 1. The van der Waals surface area contributed by atoms with Gasteiger partial charge in [-0.15, -0.1) is 0 Å². The SMILES string of the molecule is CCOCOc1ccc2c(c1)Sc1ccccc1C2=C1CCN(C)CC1. The van der Waals surface area contributed by atoms with Gasteiger partial charge in [-0.05, 0) is 67.8 Å². The molecule has 0 radical (unpaired) electrons. The fraction of sp³-hybridized carbons (Fsp3) is 0.364. The molecule has 4 rings (SSSR count). The number of rotatable bonds is 4. The summed E-state index contributed by atoms with van der Waals surface area (Å²) in [6.45, 7) is 5.22. The standard InChI is InChI=1S/C22H25NO2S/c1-3-24-15-25-17-8-9-19-21(14-17)26-20-7-5-4-6-18(20)22(19)16-10-12-23(2)13-11-16/h4-9,14H,3,10-13,15H2,1-2H3. The second-order valence-corrected chi connectivity index (χ2v) is 7.88. The van der Waals surface area contributed by atoms with Gasteiger partial charge in [-0.25, -0.2) is 0 Å². The van der Waals surface area contributed by atoms with E-state index in [2.05, 4.69) is 54.4 Å². The third-order valence-corrected chi connectivity index (χ3v) is 6.19. The second-order valence-electron chi connectivity index (χ2n) is 6.79. The summed E-state index contributed by atoms with van der Waals surface area (Å²) in [5, 5.41) is 0. The van der Waals surface area contributed by atoms with E-state index in [0.717, 1.165) is 31.7 Å². The molecular formula is C22H25NO2S. The fourth-order valence-corrected chi connectivity index (χ4v) is 4.74. The first-order valence-corrected chi connectivity index (χ1v) is 10.1. The molecule has 136 valence electrons. The molecule has 0 N–H and O–H groups in total. The molecule has 4 heteroatoms. The molecule has 0 unspecified atom stereocenters. The first kappa shape index (κ1) is 17.7. The van der Waals surface area contributed by atoms with Crippen LogP contribution in [-0.2, 0) is 4.74 Å². The van der Waals surface area contributed by atoms with Crippen LogP contribution in [0.4, 0.5) is 0 Å². The second kappa shape index (κ2) is 7.87. The van der Waals surface area contributed by atoms with Gasteiger partial charge in [-0.1, -0.05) is 35.5 Å². The zero-order valence-electron chi connectivity index (χ0n) is 15.5. The number of hydrogen-bond acceptors (Lipinski definition) is 4.